The summed E-state index contributed by atoms with van der Waals surface area (Å²) >= 11 is 0. The molecule has 0 saturated heterocycles. The first-order valence-electron chi connectivity index (χ1n) is 6.15. The van der Waals surface area contributed by atoms with Gasteiger partial charge in [0.1, 0.15) is 0 Å². The lowest BCUT2D eigenvalue weighted by Crippen LogP contribution is -2.13. The van der Waals surface area contributed by atoms with E-state index in [1.54, 1.807) is 11.1 Å². The fraction of sp³-hybridized carbons (Fsp3) is 0.714. The molecule has 0 spiro atoms. The smallest absolute Gasteiger partial charge is 0.0193 e. The fourth-order valence-electron chi connectivity index (χ4n) is 3.05. The highest BCUT2D eigenvalue weighted by atomic mass is 14.3. The third-order valence-corrected chi connectivity index (χ3v) is 3.86. The minimum absolute atomic E-state index is 0.857. The zero-order valence-corrected chi connectivity index (χ0v) is 9.55. The zero-order chi connectivity index (χ0) is 9.97. The van der Waals surface area contributed by atoms with Gasteiger partial charge >= 0.3 is 0 Å². The van der Waals surface area contributed by atoms with E-state index in [4.69, 9.17) is 0 Å². The van der Waals surface area contributed by atoms with Gasteiger partial charge in [-0.05, 0) is 57.3 Å². The van der Waals surface area contributed by atoms with Crippen LogP contribution in [0.2, 0.25) is 0 Å². The summed E-state index contributed by atoms with van der Waals surface area (Å²) < 4.78 is 0. The molecule has 3 rings (SSSR count). The monoisotopic (exact) mass is 190 g/mol. The Kier molecular flexibility index (Phi) is 3.10. The Balaban J connectivity index is 2.20. The number of hydrogen-bond donors (Lipinski definition) is 0. The Morgan fingerprint density at radius 3 is 2.93 bits per heavy atom. The van der Waals surface area contributed by atoms with E-state index in [0.717, 1.165) is 11.8 Å². The highest BCUT2D eigenvalue weighted by molar-refractivity contribution is 5.16. The first-order valence-corrected chi connectivity index (χ1v) is 6.15. The predicted octanol–water partition coefficient (Wildman–Crippen LogP) is 4.48. The van der Waals surface area contributed by atoms with Crippen molar-refractivity contribution in [2.24, 2.45) is 11.8 Å². The molecule has 2 unspecified atom stereocenters. The van der Waals surface area contributed by atoms with E-state index in [-0.39, 0.29) is 0 Å². The average molecular weight is 190 g/mol. The van der Waals surface area contributed by atoms with E-state index in [2.05, 4.69) is 26.0 Å². The van der Waals surface area contributed by atoms with Gasteiger partial charge in [-0.2, -0.15) is 0 Å². The van der Waals surface area contributed by atoms with Crippen LogP contribution < -0.4 is 0 Å². The normalized spacial score (nSPS) is 32.7. The van der Waals surface area contributed by atoms with Crippen LogP contribution in [0, 0.1) is 11.8 Å². The largest absolute Gasteiger partial charge is 0.0856 e. The lowest BCUT2D eigenvalue weighted by Gasteiger charge is -2.27. The maximum Gasteiger partial charge on any atom is -0.0193 e. The molecule has 78 valence electrons. The Labute approximate surface area is 88.1 Å². The molecule has 0 heterocycles. The number of allylic oxidation sites excluding steroid dienone is 4. The standard InChI is InChI=1S/C14H22/c1-3-13-10-12-7-8-14(13)6-4-5-11(2)9-12/h5,10,12,14H,3-4,6-9H2,1-2H3. The van der Waals surface area contributed by atoms with Gasteiger partial charge in [0.15, 0.2) is 0 Å². The minimum atomic E-state index is 0.857. The van der Waals surface area contributed by atoms with Crippen molar-refractivity contribution in [1.29, 1.82) is 0 Å². The van der Waals surface area contributed by atoms with E-state index in [1.165, 1.54) is 38.5 Å². The van der Waals surface area contributed by atoms with Gasteiger partial charge in [0, 0.05) is 0 Å². The summed E-state index contributed by atoms with van der Waals surface area (Å²) in [5.41, 5.74) is 3.37. The summed E-state index contributed by atoms with van der Waals surface area (Å²) in [4.78, 5) is 0. The van der Waals surface area contributed by atoms with Gasteiger partial charge in [-0.3, -0.25) is 0 Å². The maximum atomic E-state index is 2.59. The second-order valence-corrected chi connectivity index (χ2v) is 4.96. The molecule has 0 aromatic carbocycles. The Morgan fingerprint density at radius 2 is 2.14 bits per heavy atom. The van der Waals surface area contributed by atoms with Gasteiger partial charge < -0.3 is 0 Å². The first-order chi connectivity index (χ1) is 6.79. The molecule has 14 heavy (non-hydrogen) atoms. The number of fused-ring (bicyclic) bond motifs is 4. The summed E-state index contributed by atoms with van der Waals surface area (Å²) in [6.07, 6.45) is 13.2. The minimum Gasteiger partial charge on any atom is -0.0856 e. The Hall–Kier alpha value is -0.520. The van der Waals surface area contributed by atoms with Crippen LogP contribution in [0.15, 0.2) is 23.3 Å². The molecular formula is C14H22. The number of rotatable bonds is 1. The molecule has 3 aliphatic rings. The molecule has 2 bridgehead atoms. The second kappa shape index (κ2) is 4.33. The van der Waals surface area contributed by atoms with Crippen molar-refractivity contribution in [3.05, 3.63) is 23.3 Å². The second-order valence-electron chi connectivity index (χ2n) is 4.96. The average Bonchev–Trinajstić information content (AvgIpc) is 2.31. The van der Waals surface area contributed by atoms with Gasteiger partial charge in [0.25, 0.3) is 0 Å². The third kappa shape index (κ3) is 2.10. The van der Waals surface area contributed by atoms with Crippen LogP contribution in [0.5, 0.6) is 0 Å². The lowest BCUT2D eigenvalue weighted by atomic mass is 9.78. The van der Waals surface area contributed by atoms with Gasteiger partial charge in [0.2, 0.25) is 0 Å². The van der Waals surface area contributed by atoms with Crippen LogP contribution in [-0.2, 0) is 0 Å². The molecule has 0 heteroatoms. The quantitative estimate of drug-likeness (QED) is 0.535. The molecular weight excluding hydrogens is 168 g/mol. The van der Waals surface area contributed by atoms with Crippen LogP contribution in [-0.4, -0.2) is 0 Å². The van der Waals surface area contributed by atoms with E-state index in [1.807, 2.05) is 0 Å². The Morgan fingerprint density at radius 1 is 1.29 bits per heavy atom. The molecule has 0 amide bonds. The van der Waals surface area contributed by atoms with Crippen molar-refractivity contribution in [2.45, 2.75) is 52.4 Å². The van der Waals surface area contributed by atoms with Crippen LogP contribution in [0.1, 0.15) is 52.4 Å². The van der Waals surface area contributed by atoms with Crippen LogP contribution in [0.25, 0.3) is 0 Å². The molecule has 0 aliphatic heterocycles. The first kappa shape index (κ1) is 10.0. The molecule has 0 aromatic heterocycles. The van der Waals surface area contributed by atoms with Crippen LogP contribution >= 0.6 is 0 Å². The third-order valence-electron chi connectivity index (χ3n) is 3.86. The van der Waals surface area contributed by atoms with Crippen LogP contribution in [0.4, 0.5) is 0 Å². The zero-order valence-electron chi connectivity index (χ0n) is 9.55. The van der Waals surface area contributed by atoms with Crippen LogP contribution in [0.3, 0.4) is 0 Å². The van der Waals surface area contributed by atoms with Crippen molar-refractivity contribution < 1.29 is 0 Å². The highest BCUT2D eigenvalue weighted by Gasteiger charge is 2.22. The maximum absolute atomic E-state index is 2.59. The van der Waals surface area contributed by atoms with Gasteiger partial charge in [-0.15, -0.1) is 0 Å². The Bertz CT molecular complexity index is 257. The van der Waals surface area contributed by atoms with E-state index in [9.17, 15) is 0 Å². The molecule has 0 aromatic rings. The van der Waals surface area contributed by atoms with Crippen molar-refractivity contribution in [3.8, 4) is 0 Å². The van der Waals surface area contributed by atoms with Gasteiger partial charge in [-0.25, -0.2) is 0 Å². The van der Waals surface area contributed by atoms with Crippen molar-refractivity contribution in [3.63, 3.8) is 0 Å². The van der Waals surface area contributed by atoms with Crippen molar-refractivity contribution >= 4 is 0 Å². The molecule has 0 nitrogen and oxygen atoms in total. The summed E-state index contributed by atoms with van der Waals surface area (Å²) in [5, 5.41) is 0. The van der Waals surface area contributed by atoms with Crippen molar-refractivity contribution in [1.82, 2.24) is 0 Å². The SMILES string of the molecule is CCC1=CC2CCC1CCC=C(C)C2. The fourth-order valence-corrected chi connectivity index (χ4v) is 3.05. The summed E-state index contributed by atoms with van der Waals surface area (Å²) in [6, 6.07) is 0. The molecule has 2 atom stereocenters. The summed E-state index contributed by atoms with van der Waals surface area (Å²) in [6.45, 7) is 4.62. The van der Waals surface area contributed by atoms with Gasteiger partial charge in [-0.1, -0.05) is 30.2 Å². The summed E-state index contributed by atoms with van der Waals surface area (Å²) in [7, 11) is 0. The highest BCUT2D eigenvalue weighted by Crippen LogP contribution is 2.37. The van der Waals surface area contributed by atoms with E-state index < -0.39 is 0 Å². The van der Waals surface area contributed by atoms with Crippen molar-refractivity contribution in [2.75, 3.05) is 0 Å². The summed E-state index contributed by atoms with van der Waals surface area (Å²) in [5.74, 6) is 1.77. The molecule has 0 N–H and O–H groups in total. The van der Waals surface area contributed by atoms with E-state index >= 15 is 0 Å². The lowest BCUT2D eigenvalue weighted by molar-refractivity contribution is 0.415. The predicted molar refractivity (Wildman–Crippen MR) is 62.2 cm³/mol. The van der Waals surface area contributed by atoms with Gasteiger partial charge in [0.05, 0.1) is 0 Å². The molecule has 0 radical (unpaired) electrons. The topological polar surface area (TPSA) is 0 Å². The molecule has 3 aliphatic carbocycles. The van der Waals surface area contributed by atoms with E-state index in [0.29, 0.717) is 0 Å². The molecule has 0 saturated carbocycles. The number of hydrogen-bond acceptors (Lipinski definition) is 0. The molecule has 0 fully saturated rings.